The fourth-order valence-corrected chi connectivity index (χ4v) is 2.87. The third kappa shape index (κ3) is 3.29. The summed E-state index contributed by atoms with van der Waals surface area (Å²) < 4.78 is 13.6. The molecule has 1 saturated heterocycles. The molecule has 3 rings (SSSR count). The molecule has 8 heteroatoms. The predicted octanol–water partition coefficient (Wildman–Crippen LogP) is 1.57. The maximum atomic E-state index is 5.85. The van der Waals surface area contributed by atoms with Crippen molar-refractivity contribution in [2.75, 3.05) is 38.8 Å². The van der Waals surface area contributed by atoms with E-state index in [4.69, 9.17) is 9.15 Å². The van der Waals surface area contributed by atoms with E-state index in [2.05, 4.69) is 24.6 Å². The molecule has 2 aromatic rings. The van der Waals surface area contributed by atoms with Gasteiger partial charge in [-0.25, -0.2) is 4.98 Å². The van der Waals surface area contributed by atoms with Crippen molar-refractivity contribution >= 4 is 5.95 Å². The summed E-state index contributed by atoms with van der Waals surface area (Å²) in [6, 6.07) is -0.0172. The van der Waals surface area contributed by atoms with Gasteiger partial charge < -0.3 is 18.6 Å². The number of anilines is 1. The van der Waals surface area contributed by atoms with Crippen molar-refractivity contribution in [3.63, 3.8) is 0 Å². The zero-order chi connectivity index (χ0) is 17.3. The van der Waals surface area contributed by atoms with Crippen molar-refractivity contribution in [3.05, 3.63) is 23.7 Å². The molecule has 0 saturated carbocycles. The molecule has 2 aromatic heterocycles. The molecule has 3 heterocycles. The number of ether oxygens (including phenoxy) is 1. The van der Waals surface area contributed by atoms with Crippen LogP contribution in [0.4, 0.5) is 5.95 Å². The van der Waals surface area contributed by atoms with E-state index in [0.29, 0.717) is 25.0 Å². The first kappa shape index (κ1) is 16.9. The van der Waals surface area contributed by atoms with E-state index in [1.165, 1.54) is 0 Å². The Balaban J connectivity index is 1.79. The van der Waals surface area contributed by atoms with Gasteiger partial charge in [-0.3, -0.25) is 4.90 Å². The molecule has 8 nitrogen and oxygen atoms in total. The molecule has 0 aromatic carbocycles. The maximum Gasteiger partial charge on any atom is 0.236 e. The Morgan fingerprint density at radius 1 is 1.33 bits per heavy atom. The van der Waals surface area contributed by atoms with Crippen LogP contribution in [-0.2, 0) is 18.3 Å². The van der Waals surface area contributed by atoms with Crippen molar-refractivity contribution in [3.8, 4) is 0 Å². The summed E-state index contributed by atoms with van der Waals surface area (Å²) in [4.78, 5) is 8.81. The second-order valence-electron chi connectivity index (χ2n) is 6.70. The second-order valence-corrected chi connectivity index (χ2v) is 6.70. The number of nitrogens with zero attached hydrogens (tertiary/aromatic N) is 6. The minimum absolute atomic E-state index is 0.0172. The Bertz CT molecular complexity index is 678. The average Bonchev–Trinajstić information content (AvgIpc) is 3.16. The minimum atomic E-state index is -0.0172. The van der Waals surface area contributed by atoms with Gasteiger partial charge in [0.25, 0.3) is 0 Å². The van der Waals surface area contributed by atoms with Crippen LogP contribution in [-0.4, -0.2) is 58.5 Å². The molecule has 0 spiro atoms. The number of hydrogen-bond donors (Lipinski definition) is 0. The van der Waals surface area contributed by atoms with Gasteiger partial charge >= 0.3 is 0 Å². The number of rotatable bonds is 5. The van der Waals surface area contributed by atoms with Crippen LogP contribution < -0.4 is 4.90 Å². The monoisotopic (exact) mass is 334 g/mol. The molecule has 0 bridgehead atoms. The Hall–Kier alpha value is -1.93. The molecule has 0 aliphatic carbocycles. The quantitative estimate of drug-likeness (QED) is 0.821. The molecule has 1 atom stereocenters. The first-order chi connectivity index (χ1) is 11.5. The number of morpholine rings is 1. The fourth-order valence-electron chi connectivity index (χ4n) is 2.87. The van der Waals surface area contributed by atoms with Crippen LogP contribution in [0.1, 0.15) is 43.3 Å². The lowest BCUT2D eigenvalue weighted by Gasteiger charge is -2.33. The average molecular weight is 334 g/mol. The van der Waals surface area contributed by atoms with E-state index in [9.17, 15) is 0 Å². The highest BCUT2D eigenvalue weighted by atomic mass is 16.5. The molecule has 1 unspecified atom stereocenters. The molecule has 0 amide bonds. The van der Waals surface area contributed by atoms with Crippen molar-refractivity contribution in [2.45, 2.75) is 32.4 Å². The highest BCUT2D eigenvalue weighted by Crippen LogP contribution is 2.27. The summed E-state index contributed by atoms with van der Waals surface area (Å²) in [6.45, 7) is 6.96. The van der Waals surface area contributed by atoms with E-state index >= 15 is 0 Å². The smallest absolute Gasteiger partial charge is 0.236 e. The van der Waals surface area contributed by atoms with E-state index in [0.717, 1.165) is 24.7 Å². The molecule has 1 fully saturated rings. The fraction of sp³-hybridized carbons (Fsp3) is 0.688. The summed E-state index contributed by atoms with van der Waals surface area (Å²) in [5, 5.41) is 8.39. The molecular formula is C16H26N6O2. The van der Waals surface area contributed by atoms with Crippen molar-refractivity contribution in [2.24, 2.45) is 7.05 Å². The molecule has 0 N–H and O–H groups in total. The summed E-state index contributed by atoms with van der Waals surface area (Å²) in [7, 11) is 6.03. The highest BCUT2D eigenvalue weighted by molar-refractivity contribution is 5.31. The first-order valence-corrected chi connectivity index (χ1v) is 8.30. The van der Waals surface area contributed by atoms with Crippen LogP contribution in [0.5, 0.6) is 0 Å². The Morgan fingerprint density at radius 2 is 2.12 bits per heavy atom. The van der Waals surface area contributed by atoms with Gasteiger partial charge in [0.2, 0.25) is 17.7 Å². The van der Waals surface area contributed by atoms with Crippen LogP contribution >= 0.6 is 0 Å². The Kier molecular flexibility index (Phi) is 4.86. The lowest BCUT2D eigenvalue weighted by atomic mass is 10.2. The Morgan fingerprint density at radius 3 is 2.75 bits per heavy atom. The largest absolute Gasteiger partial charge is 0.423 e. The summed E-state index contributed by atoms with van der Waals surface area (Å²) in [5.74, 6) is 2.47. The molecule has 1 aliphatic heterocycles. The van der Waals surface area contributed by atoms with E-state index < -0.39 is 0 Å². The molecule has 0 radical (unpaired) electrons. The lowest BCUT2D eigenvalue weighted by molar-refractivity contribution is -0.0235. The maximum absolute atomic E-state index is 5.85. The van der Waals surface area contributed by atoms with Crippen LogP contribution in [0.2, 0.25) is 0 Å². The van der Waals surface area contributed by atoms with Gasteiger partial charge in [-0.2, -0.15) is 0 Å². The van der Waals surface area contributed by atoms with Gasteiger partial charge in [-0.15, -0.1) is 10.2 Å². The Labute approximate surface area is 142 Å². The van der Waals surface area contributed by atoms with Crippen LogP contribution in [0.3, 0.4) is 0 Å². The third-order valence-corrected chi connectivity index (χ3v) is 4.30. The van der Waals surface area contributed by atoms with Crippen LogP contribution in [0, 0.1) is 0 Å². The predicted molar refractivity (Wildman–Crippen MR) is 89.9 cm³/mol. The molecule has 1 aliphatic rings. The molecule has 24 heavy (non-hydrogen) atoms. The van der Waals surface area contributed by atoms with Crippen LogP contribution in [0.15, 0.2) is 10.6 Å². The van der Waals surface area contributed by atoms with Crippen LogP contribution in [0.25, 0.3) is 0 Å². The summed E-state index contributed by atoms with van der Waals surface area (Å²) in [6.07, 6.45) is 1.93. The zero-order valence-corrected chi connectivity index (χ0v) is 15.1. The normalized spacial score (nSPS) is 19.2. The third-order valence-electron chi connectivity index (χ3n) is 4.30. The molecule has 132 valence electrons. The minimum Gasteiger partial charge on any atom is -0.423 e. The van der Waals surface area contributed by atoms with Crippen molar-refractivity contribution in [1.82, 2.24) is 24.6 Å². The SMILES string of the molecule is CC(C)c1nnc(C2COCCN2Cc2cnc(N(C)C)n2C)o1. The van der Waals surface area contributed by atoms with Crippen molar-refractivity contribution < 1.29 is 9.15 Å². The second kappa shape index (κ2) is 6.90. The van der Waals surface area contributed by atoms with E-state index in [1.807, 2.05) is 46.1 Å². The van der Waals surface area contributed by atoms with Gasteiger partial charge in [0.05, 0.1) is 25.1 Å². The van der Waals surface area contributed by atoms with Gasteiger partial charge in [0.1, 0.15) is 6.04 Å². The highest BCUT2D eigenvalue weighted by Gasteiger charge is 2.30. The topological polar surface area (TPSA) is 72.5 Å². The van der Waals surface area contributed by atoms with Gasteiger partial charge in [0, 0.05) is 40.2 Å². The van der Waals surface area contributed by atoms with Gasteiger partial charge in [-0.05, 0) is 0 Å². The standard InChI is InChI=1S/C16H26N6O2/c1-11(2)14-18-19-15(24-14)13-10-23-7-6-22(13)9-12-8-17-16(20(3)4)21(12)5/h8,11,13H,6-7,9-10H2,1-5H3. The number of hydrogen-bond acceptors (Lipinski definition) is 7. The first-order valence-electron chi connectivity index (χ1n) is 8.30. The lowest BCUT2D eigenvalue weighted by Crippen LogP contribution is -2.39. The molecular weight excluding hydrogens is 308 g/mol. The summed E-state index contributed by atoms with van der Waals surface area (Å²) >= 11 is 0. The van der Waals surface area contributed by atoms with E-state index in [-0.39, 0.29) is 12.0 Å². The van der Waals surface area contributed by atoms with Crippen molar-refractivity contribution in [1.29, 1.82) is 0 Å². The number of imidazole rings is 1. The number of aromatic nitrogens is 4. The zero-order valence-electron chi connectivity index (χ0n) is 15.1. The van der Waals surface area contributed by atoms with Gasteiger partial charge in [0.15, 0.2) is 0 Å². The summed E-state index contributed by atoms with van der Waals surface area (Å²) in [5.41, 5.74) is 1.15. The van der Waals surface area contributed by atoms with Gasteiger partial charge in [-0.1, -0.05) is 13.8 Å². The van der Waals surface area contributed by atoms with E-state index in [1.54, 1.807) is 0 Å².